The first kappa shape index (κ1) is 60.4. The molecule has 0 saturated carbocycles. The van der Waals surface area contributed by atoms with E-state index in [4.69, 9.17) is 14.2 Å². The van der Waals surface area contributed by atoms with Gasteiger partial charge in [-0.2, -0.15) is 0 Å². The first-order chi connectivity index (χ1) is 30.1. The molecule has 0 aliphatic heterocycles. The van der Waals surface area contributed by atoms with Gasteiger partial charge >= 0.3 is 17.9 Å². The van der Waals surface area contributed by atoms with Crippen LogP contribution >= 0.6 is 0 Å². The topological polar surface area (TPSA) is 78.9 Å². The number of esters is 3. The highest BCUT2D eigenvalue weighted by molar-refractivity contribution is 5.71. The molecule has 0 heterocycles. The Kier molecular flexibility index (Phi) is 46.2. The van der Waals surface area contributed by atoms with Crippen LogP contribution in [0.1, 0.15) is 305 Å². The Balaban J connectivity index is 4.24. The van der Waals surface area contributed by atoms with Crippen LogP contribution in [0.2, 0.25) is 0 Å². The van der Waals surface area contributed by atoms with Crippen molar-refractivity contribution in [2.75, 3.05) is 13.2 Å². The van der Waals surface area contributed by atoms with Crippen molar-refractivity contribution in [2.45, 2.75) is 311 Å². The summed E-state index contributed by atoms with van der Waals surface area (Å²) in [5, 5.41) is 0. The third-order valence-corrected chi connectivity index (χ3v) is 13.0. The van der Waals surface area contributed by atoms with Crippen LogP contribution in [0.25, 0.3) is 0 Å². The molecule has 368 valence electrons. The minimum atomic E-state index is -0.763. The number of ether oxygens (including phenoxy) is 3. The summed E-state index contributed by atoms with van der Waals surface area (Å²) in [4.78, 5) is 38.0. The third-order valence-electron chi connectivity index (χ3n) is 13.0. The monoisotopic (exact) mass is 877 g/mol. The standard InChI is InChI=1S/C56H108O6/c1-7-52(6)44-38-32-25-21-17-13-9-11-14-18-22-26-33-39-45-54(57)60-48-53(49-61-55(58)46-40-34-29-28-31-37-43-51(4)5)62-56(59)47-41-35-27-23-19-15-10-8-12-16-20-24-30-36-42-50(2)3/h50-53H,7-49H2,1-6H3/t52?,53-/m0/s1. The van der Waals surface area contributed by atoms with Crippen LogP contribution in [0, 0.1) is 17.8 Å². The van der Waals surface area contributed by atoms with Gasteiger partial charge in [-0.25, -0.2) is 0 Å². The number of unbranched alkanes of at least 4 members (excludes halogenated alkanes) is 31. The molecule has 62 heavy (non-hydrogen) atoms. The second kappa shape index (κ2) is 47.4. The zero-order valence-corrected chi connectivity index (χ0v) is 42.7. The molecular weight excluding hydrogens is 769 g/mol. The first-order valence-electron chi connectivity index (χ1n) is 27.6. The Morgan fingerprint density at radius 2 is 0.565 bits per heavy atom. The SMILES string of the molecule is CCC(C)CCCCCCCCCCCCCCCCC(=O)OC[C@@H](COC(=O)CCCCCCCCC(C)C)OC(=O)CCCCCCCCCCCCCCCCC(C)C. The highest BCUT2D eigenvalue weighted by Crippen LogP contribution is 2.18. The smallest absolute Gasteiger partial charge is 0.306 e. The largest absolute Gasteiger partial charge is 0.462 e. The third kappa shape index (κ3) is 47.9. The lowest BCUT2D eigenvalue weighted by molar-refractivity contribution is -0.167. The van der Waals surface area contributed by atoms with Gasteiger partial charge in [0, 0.05) is 19.3 Å². The highest BCUT2D eigenvalue weighted by Gasteiger charge is 2.19. The van der Waals surface area contributed by atoms with Gasteiger partial charge in [0.1, 0.15) is 13.2 Å². The first-order valence-corrected chi connectivity index (χ1v) is 27.6. The summed E-state index contributed by atoms with van der Waals surface area (Å²) in [6, 6.07) is 0. The van der Waals surface area contributed by atoms with E-state index < -0.39 is 6.10 Å². The molecule has 0 aromatic heterocycles. The van der Waals surface area contributed by atoms with Crippen molar-refractivity contribution in [3.63, 3.8) is 0 Å². The second-order valence-corrected chi connectivity index (χ2v) is 20.4. The van der Waals surface area contributed by atoms with E-state index in [2.05, 4.69) is 41.5 Å². The van der Waals surface area contributed by atoms with E-state index in [0.717, 1.165) is 75.5 Å². The van der Waals surface area contributed by atoms with Crippen LogP contribution < -0.4 is 0 Å². The fraction of sp³-hybridized carbons (Fsp3) is 0.946. The normalized spacial score (nSPS) is 12.6. The molecule has 6 nitrogen and oxygen atoms in total. The lowest BCUT2D eigenvalue weighted by Gasteiger charge is -2.18. The van der Waals surface area contributed by atoms with Gasteiger partial charge < -0.3 is 14.2 Å². The summed E-state index contributed by atoms with van der Waals surface area (Å²) in [7, 11) is 0. The van der Waals surface area contributed by atoms with E-state index in [0.29, 0.717) is 19.3 Å². The molecule has 0 aliphatic carbocycles. The van der Waals surface area contributed by atoms with E-state index in [1.165, 1.54) is 186 Å². The molecule has 0 amide bonds. The maximum Gasteiger partial charge on any atom is 0.306 e. The lowest BCUT2D eigenvalue weighted by Crippen LogP contribution is -2.30. The molecule has 1 unspecified atom stereocenters. The van der Waals surface area contributed by atoms with Crippen LogP contribution in [-0.4, -0.2) is 37.2 Å². The molecule has 0 spiro atoms. The number of carbonyl (C=O) groups is 3. The van der Waals surface area contributed by atoms with Gasteiger partial charge in [0.15, 0.2) is 6.10 Å². The maximum atomic E-state index is 12.8. The summed E-state index contributed by atoms with van der Waals surface area (Å²) < 4.78 is 16.8. The summed E-state index contributed by atoms with van der Waals surface area (Å²) in [5.41, 5.74) is 0. The van der Waals surface area contributed by atoms with Crippen LogP contribution in [-0.2, 0) is 28.6 Å². The summed E-state index contributed by atoms with van der Waals surface area (Å²) in [5.74, 6) is 1.65. The number of carbonyl (C=O) groups excluding carboxylic acids is 3. The quantitative estimate of drug-likeness (QED) is 0.0344. The fourth-order valence-electron chi connectivity index (χ4n) is 8.44. The van der Waals surface area contributed by atoms with Crippen molar-refractivity contribution in [1.82, 2.24) is 0 Å². The van der Waals surface area contributed by atoms with Crippen LogP contribution in [0.3, 0.4) is 0 Å². The number of hydrogen-bond donors (Lipinski definition) is 0. The zero-order chi connectivity index (χ0) is 45.6. The van der Waals surface area contributed by atoms with Crippen molar-refractivity contribution in [1.29, 1.82) is 0 Å². The minimum Gasteiger partial charge on any atom is -0.462 e. The molecular formula is C56H108O6. The average Bonchev–Trinajstić information content (AvgIpc) is 3.24. The Hall–Kier alpha value is -1.59. The van der Waals surface area contributed by atoms with Crippen LogP contribution in [0.15, 0.2) is 0 Å². The zero-order valence-electron chi connectivity index (χ0n) is 42.7. The predicted octanol–water partition coefficient (Wildman–Crippen LogP) is 17.9. The van der Waals surface area contributed by atoms with Crippen molar-refractivity contribution in [2.24, 2.45) is 17.8 Å². The summed E-state index contributed by atoms with van der Waals surface area (Å²) in [6.07, 6.45) is 48.2. The Morgan fingerprint density at radius 1 is 0.323 bits per heavy atom. The van der Waals surface area contributed by atoms with Gasteiger partial charge in [-0.15, -0.1) is 0 Å². The van der Waals surface area contributed by atoms with Crippen molar-refractivity contribution < 1.29 is 28.6 Å². The Morgan fingerprint density at radius 3 is 0.839 bits per heavy atom. The molecule has 0 aliphatic rings. The van der Waals surface area contributed by atoms with Gasteiger partial charge in [0.2, 0.25) is 0 Å². The molecule has 0 saturated heterocycles. The van der Waals surface area contributed by atoms with Crippen LogP contribution in [0.4, 0.5) is 0 Å². The van der Waals surface area contributed by atoms with Crippen molar-refractivity contribution in [3.05, 3.63) is 0 Å². The van der Waals surface area contributed by atoms with E-state index in [9.17, 15) is 14.4 Å². The van der Waals surface area contributed by atoms with E-state index in [-0.39, 0.29) is 31.1 Å². The second-order valence-electron chi connectivity index (χ2n) is 20.4. The molecule has 6 heteroatoms. The Bertz CT molecular complexity index is 962. The van der Waals surface area contributed by atoms with E-state index >= 15 is 0 Å². The van der Waals surface area contributed by atoms with Crippen molar-refractivity contribution in [3.8, 4) is 0 Å². The van der Waals surface area contributed by atoms with Gasteiger partial charge in [-0.1, -0.05) is 266 Å². The Labute approximate surface area is 387 Å². The summed E-state index contributed by atoms with van der Waals surface area (Å²) in [6.45, 7) is 13.7. The fourth-order valence-corrected chi connectivity index (χ4v) is 8.44. The lowest BCUT2D eigenvalue weighted by atomic mass is 9.99. The predicted molar refractivity (Wildman–Crippen MR) is 266 cm³/mol. The van der Waals surface area contributed by atoms with Gasteiger partial charge in [0.05, 0.1) is 0 Å². The molecule has 0 radical (unpaired) electrons. The van der Waals surface area contributed by atoms with Gasteiger partial charge in [-0.05, 0) is 37.0 Å². The van der Waals surface area contributed by atoms with E-state index in [1.54, 1.807) is 0 Å². The number of hydrogen-bond acceptors (Lipinski definition) is 6. The van der Waals surface area contributed by atoms with Gasteiger partial charge in [-0.3, -0.25) is 14.4 Å². The molecule has 0 bridgehead atoms. The van der Waals surface area contributed by atoms with Crippen LogP contribution in [0.5, 0.6) is 0 Å². The summed E-state index contributed by atoms with van der Waals surface area (Å²) >= 11 is 0. The van der Waals surface area contributed by atoms with Gasteiger partial charge in [0.25, 0.3) is 0 Å². The molecule has 0 fully saturated rings. The van der Waals surface area contributed by atoms with E-state index in [1.807, 2.05) is 0 Å². The molecule has 0 aromatic carbocycles. The molecule has 0 N–H and O–H groups in total. The maximum absolute atomic E-state index is 12.8. The molecule has 0 aromatic rings. The minimum absolute atomic E-state index is 0.0647. The number of rotatable bonds is 49. The van der Waals surface area contributed by atoms with Crippen molar-refractivity contribution >= 4 is 17.9 Å². The highest BCUT2D eigenvalue weighted by atomic mass is 16.6. The molecule has 0 rings (SSSR count). The molecule has 2 atom stereocenters. The average molecular weight is 877 g/mol.